The Morgan fingerprint density at radius 2 is 1.94 bits per heavy atom. The molecule has 0 unspecified atom stereocenters. The lowest BCUT2D eigenvalue weighted by Gasteiger charge is -2.10. The van der Waals surface area contributed by atoms with E-state index in [0.717, 1.165) is 35.6 Å². The monoisotopic (exact) mass is 442 g/mol. The average Bonchev–Trinajstić information content (AvgIpc) is 3.24. The van der Waals surface area contributed by atoms with E-state index in [-0.39, 0.29) is 5.91 Å². The number of aliphatic hydroxyl groups excluding tert-OH is 1. The van der Waals surface area contributed by atoms with Crippen molar-refractivity contribution in [3.05, 3.63) is 59.4 Å². The highest BCUT2D eigenvalue weighted by atomic mass is 19.4. The molecule has 1 heterocycles. The van der Waals surface area contributed by atoms with Crippen LogP contribution in [0.2, 0.25) is 0 Å². The maximum absolute atomic E-state index is 12.5. The van der Waals surface area contributed by atoms with Gasteiger partial charge in [0.1, 0.15) is 12.4 Å². The van der Waals surface area contributed by atoms with Crippen LogP contribution in [0, 0.1) is 5.82 Å². The number of methoxy groups -OCH3 is 1. The summed E-state index contributed by atoms with van der Waals surface area (Å²) < 4.78 is 55.7. The molecule has 0 spiro atoms. The first-order valence-electron chi connectivity index (χ1n) is 9.34. The second-order valence-electron chi connectivity index (χ2n) is 6.33. The van der Waals surface area contributed by atoms with Crippen LogP contribution >= 0.6 is 0 Å². The van der Waals surface area contributed by atoms with E-state index in [2.05, 4.69) is 16.8 Å². The van der Waals surface area contributed by atoms with Gasteiger partial charge in [-0.25, -0.2) is 9.40 Å². The van der Waals surface area contributed by atoms with E-state index in [0.29, 0.717) is 13.0 Å². The van der Waals surface area contributed by atoms with Gasteiger partial charge in [-0.2, -0.15) is 5.10 Å². The van der Waals surface area contributed by atoms with Crippen molar-refractivity contribution in [1.82, 2.24) is 5.01 Å². The first kappa shape index (κ1) is 24.1. The summed E-state index contributed by atoms with van der Waals surface area (Å²) in [5.41, 5.74) is 3.07. The number of para-hydroxylation sites is 1. The van der Waals surface area contributed by atoms with Crippen LogP contribution < -0.4 is 9.47 Å². The van der Waals surface area contributed by atoms with Gasteiger partial charge in [0.2, 0.25) is 0 Å². The first-order chi connectivity index (χ1) is 14.7. The van der Waals surface area contributed by atoms with Crippen LogP contribution in [0.25, 0.3) is 0 Å². The SMILES string of the molecule is CCc1ccc(OC)cc1C1=NN(C(=O)CO)CC1.Fc1ccccc1OC(F)(F)F. The molecule has 0 bridgehead atoms. The molecule has 3 rings (SSSR count). The Kier molecular flexibility index (Phi) is 8.38. The number of hydrogen-bond acceptors (Lipinski definition) is 5. The number of aliphatic hydroxyl groups is 1. The molecule has 0 saturated carbocycles. The van der Waals surface area contributed by atoms with E-state index < -0.39 is 24.5 Å². The van der Waals surface area contributed by atoms with Gasteiger partial charge in [-0.3, -0.25) is 4.79 Å². The third kappa shape index (κ3) is 6.95. The molecule has 0 aliphatic carbocycles. The Balaban J connectivity index is 0.000000245. The van der Waals surface area contributed by atoms with Crippen molar-refractivity contribution in [1.29, 1.82) is 0 Å². The van der Waals surface area contributed by atoms with Gasteiger partial charge in [0.25, 0.3) is 5.91 Å². The minimum Gasteiger partial charge on any atom is -0.497 e. The standard InChI is InChI=1S/C14H18N2O3.C7H4F4O/c1-3-10-4-5-11(19-2)8-12(10)13-6-7-16(15-13)14(18)9-17;8-5-3-1-2-4-6(5)12-7(9,10)11/h4-5,8,17H,3,6-7,9H2,1-2H3;1-4H. The first-order valence-corrected chi connectivity index (χ1v) is 9.34. The molecule has 0 radical (unpaired) electrons. The molecule has 6 nitrogen and oxygen atoms in total. The highest BCUT2D eigenvalue weighted by molar-refractivity contribution is 6.04. The van der Waals surface area contributed by atoms with Crippen LogP contribution in [0.4, 0.5) is 17.6 Å². The maximum Gasteiger partial charge on any atom is 0.573 e. The third-order valence-corrected chi connectivity index (χ3v) is 4.30. The highest BCUT2D eigenvalue weighted by Gasteiger charge is 2.32. The number of aryl methyl sites for hydroxylation is 1. The summed E-state index contributed by atoms with van der Waals surface area (Å²) in [6.45, 7) is 2.10. The molecule has 0 fully saturated rings. The fourth-order valence-electron chi connectivity index (χ4n) is 2.82. The Morgan fingerprint density at radius 1 is 1.23 bits per heavy atom. The van der Waals surface area contributed by atoms with Crippen LogP contribution in [0.1, 0.15) is 24.5 Å². The maximum atomic E-state index is 12.5. The summed E-state index contributed by atoms with van der Waals surface area (Å²) >= 11 is 0. The number of halogens is 4. The van der Waals surface area contributed by atoms with E-state index in [4.69, 9.17) is 9.84 Å². The number of hydrogen-bond donors (Lipinski definition) is 1. The molecule has 2 aromatic carbocycles. The van der Waals surface area contributed by atoms with Gasteiger partial charge in [0.05, 0.1) is 19.4 Å². The summed E-state index contributed by atoms with van der Waals surface area (Å²) in [6.07, 6.45) is -3.25. The molecular formula is C21H22F4N2O4. The molecule has 0 atom stereocenters. The van der Waals surface area contributed by atoms with Gasteiger partial charge in [0.15, 0.2) is 11.6 Å². The van der Waals surface area contributed by atoms with Crippen molar-refractivity contribution in [2.24, 2.45) is 5.10 Å². The van der Waals surface area contributed by atoms with Crippen molar-refractivity contribution in [3.63, 3.8) is 0 Å². The lowest BCUT2D eigenvalue weighted by molar-refractivity contribution is -0.275. The Labute approximate surface area is 176 Å². The number of ether oxygens (including phenoxy) is 2. The molecule has 10 heteroatoms. The zero-order valence-corrected chi connectivity index (χ0v) is 16.9. The summed E-state index contributed by atoms with van der Waals surface area (Å²) in [6, 6.07) is 10.2. The van der Waals surface area contributed by atoms with E-state index in [9.17, 15) is 22.4 Å². The largest absolute Gasteiger partial charge is 0.573 e. The molecule has 0 aromatic heterocycles. The number of rotatable bonds is 5. The minimum absolute atomic E-state index is 0.365. The molecule has 168 valence electrons. The predicted molar refractivity (Wildman–Crippen MR) is 105 cm³/mol. The lowest BCUT2D eigenvalue weighted by Crippen LogP contribution is -2.26. The smallest absolute Gasteiger partial charge is 0.497 e. The van der Waals surface area contributed by atoms with Crippen LogP contribution in [0.3, 0.4) is 0 Å². The van der Waals surface area contributed by atoms with E-state index in [1.807, 2.05) is 18.2 Å². The van der Waals surface area contributed by atoms with E-state index in [1.54, 1.807) is 7.11 Å². The van der Waals surface area contributed by atoms with Gasteiger partial charge in [-0.05, 0) is 36.2 Å². The molecule has 2 aromatic rings. The molecule has 1 N–H and O–H groups in total. The topological polar surface area (TPSA) is 71.4 Å². The minimum atomic E-state index is -4.85. The Morgan fingerprint density at radius 3 is 2.52 bits per heavy atom. The van der Waals surface area contributed by atoms with Gasteiger partial charge in [-0.1, -0.05) is 25.1 Å². The fraction of sp³-hybridized carbons (Fsp3) is 0.333. The fourth-order valence-corrected chi connectivity index (χ4v) is 2.82. The third-order valence-electron chi connectivity index (χ3n) is 4.30. The van der Waals surface area contributed by atoms with Crippen molar-refractivity contribution in [2.45, 2.75) is 26.1 Å². The number of nitrogens with zero attached hydrogens (tertiary/aromatic N) is 2. The zero-order valence-electron chi connectivity index (χ0n) is 16.9. The summed E-state index contributed by atoms with van der Waals surface area (Å²) in [4.78, 5) is 11.4. The number of alkyl halides is 3. The van der Waals surface area contributed by atoms with Crippen molar-refractivity contribution < 1.29 is 36.9 Å². The Hall–Kier alpha value is -3.14. The summed E-state index contributed by atoms with van der Waals surface area (Å²) in [5, 5.41) is 14.5. The van der Waals surface area contributed by atoms with Gasteiger partial charge < -0.3 is 14.6 Å². The number of benzene rings is 2. The molecule has 1 aliphatic rings. The van der Waals surface area contributed by atoms with Crippen LogP contribution in [0.15, 0.2) is 47.6 Å². The second-order valence-corrected chi connectivity index (χ2v) is 6.33. The average molecular weight is 442 g/mol. The van der Waals surface area contributed by atoms with Crippen LogP contribution in [-0.4, -0.2) is 48.4 Å². The summed E-state index contributed by atoms with van der Waals surface area (Å²) in [5.74, 6) is -1.43. The zero-order chi connectivity index (χ0) is 23.0. The number of carbonyl (C=O) groups excluding carboxylic acids is 1. The van der Waals surface area contributed by atoms with Crippen LogP contribution in [0.5, 0.6) is 11.5 Å². The normalized spacial score (nSPS) is 13.3. The number of amides is 1. The molecule has 31 heavy (non-hydrogen) atoms. The van der Waals surface area contributed by atoms with Crippen molar-refractivity contribution in [3.8, 4) is 11.5 Å². The quantitative estimate of drug-likeness (QED) is 0.713. The van der Waals surface area contributed by atoms with Crippen molar-refractivity contribution >= 4 is 11.6 Å². The molecule has 1 aliphatic heterocycles. The molecule has 1 amide bonds. The Bertz CT molecular complexity index is 932. The second kappa shape index (κ2) is 10.8. The lowest BCUT2D eigenvalue weighted by atomic mass is 9.99. The van der Waals surface area contributed by atoms with Gasteiger partial charge >= 0.3 is 6.36 Å². The number of carbonyl (C=O) groups is 1. The summed E-state index contributed by atoms with van der Waals surface area (Å²) in [7, 11) is 1.63. The predicted octanol–water partition coefficient (Wildman–Crippen LogP) is 3.91. The van der Waals surface area contributed by atoms with Crippen LogP contribution in [-0.2, 0) is 11.2 Å². The van der Waals surface area contributed by atoms with Gasteiger partial charge in [0, 0.05) is 12.0 Å². The van der Waals surface area contributed by atoms with Crippen molar-refractivity contribution in [2.75, 3.05) is 20.3 Å². The van der Waals surface area contributed by atoms with Gasteiger partial charge in [-0.15, -0.1) is 13.2 Å². The van der Waals surface area contributed by atoms with E-state index in [1.165, 1.54) is 22.7 Å². The number of hydrazone groups is 1. The molecular weight excluding hydrogens is 420 g/mol. The van der Waals surface area contributed by atoms with E-state index >= 15 is 0 Å². The molecule has 0 saturated heterocycles. The highest BCUT2D eigenvalue weighted by Crippen LogP contribution is 2.25.